The lowest BCUT2D eigenvalue weighted by molar-refractivity contribution is 0.0765. The summed E-state index contributed by atoms with van der Waals surface area (Å²) in [6.45, 7) is 6.86. The highest BCUT2D eigenvalue weighted by Gasteiger charge is 2.21. The number of hydrogen-bond donors (Lipinski definition) is 2. The van der Waals surface area contributed by atoms with Crippen molar-refractivity contribution >= 4 is 28.3 Å². The van der Waals surface area contributed by atoms with Crippen molar-refractivity contribution in [2.24, 2.45) is 0 Å². The van der Waals surface area contributed by atoms with Gasteiger partial charge in [0.1, 0.15) is 0 Å². The van der Waals surface area contributed by atoms with Crippen LogP contribution in [0.2, 0.25) is 0 Å². The van der Waals surface area contributed by atoms with Crippen LogP contribution in [-0.4, -0.2) is 51.9 Å². The number of aryl methyl sites for hydroxylation is 1. The van der Waals surface area contributed by atoms with Crippen LogP contribution in [0, 0.1) is 6.92 Å². The third kappa shape index (κ3) is 4.91. The minimum Gasteiger partial charge on any atom is -0.337 e. The Hall–Kier alpha value is -1.15. The Bertz CT molecular complexity index is 641. The van der Waals surface area contributed by atoms with Crippen molar-refractivity contribution in [3.63, 3.8) is 0 Å². The summed E-state index contributed by atoms with van der Waals surface area (Å²) in [6, 6.07) is 4.70. The predicted octanol–water partition coefficient (Wildman–Crippen LogP) is 1.15. The second-order valence-electron chi connectivity index (χ2n) is 5.37. The van der Waals surface area contributed by atoms with Crippen molar-refractivity contribution in [3.05, 3.63) is 29.3 Å². The van der Waals surface area contributed by atoms with E-state index in [-0.39, 0.29) is 23.2 Å². The molecule has 1 aromatic carbocycles. The van der Waals surface area contributed by atoms with Crippen molar-refractivity contribution in [2.45, 2.75) is 25.2 Å². The van der Waals surface area contributed by atoms with Gasteiger partial charge in [-0.05, 0) is 37.6 Å². The molecule has 130 valence electrons. The third-order valence-corrected chi connectivity index (χ3v) is 5.25. The van der Waals surface area contributed by atoms with Crippen molar-refractivity contribution in [3.8, 4) is 0 Å². The van der Waals surface area contributed by atoms with E-state index >= 15 is 0 Å². The van der Waals surface area contributed by atoms with Gasteiger partial charge in [-0.2, -0.15) is 0 Å². The molecule has 0 bridgehead atoms. The molecule has 2 N–H and O–H groups in total. The summed E-state index contributed by atoms with van der Waals surface area (Å²) in [5.41, 5.74) is 1.25. The van der Waals surface area contributed by atoms with Crippen molar-refractivity contribution < 1.29 is 13.2 Å². The number of benzene rings is 1. The minimum atomic E-state index is -3.55. The highest BCUT2D eigenvalue weighted by molar-refractivity contribution is 7.89. The number of halogens is 1. The number of amides is 1. The molecule has 0 aliphatic carbocycles. The topological polar surface area (TPSA) is 78.5 Å². The van der Waals surface area contributed by atoms with Crippen LogP contribution in [0.25, 0.3) is 0 Å². The Kier molecular flexibility index (Phi) is 7.47. The predicted molar refractivity (Wildman–Crippen MR) is 92.7 cm³/mol. The van der Waals surface area contributed by atoms with Crippen molar-refractivity contribution in [1.82, 2.24) is 14.9 Å². The summed E-state index contributed by atoms with van der Waals surface area (Å²) < 4.78 is 26.7. The number of carbonyl (C=O) groups excluding carboxylic acids is 1. The molecule has 0 radical (unpaired) electrons. The molecule has 1 aliphatic heterocycles. The van der Waals surface area contributed by atoms with E-state index in [0.29, 0.717) is 25.2 Å². The number of nitrogens with one attached hydrogen (secondary N) is 2. The molecule has 8 heteroatoms. The van der Waals surface area contributed by atoms with E-state index in [1.807, 2.05) is 6.92 Å². The summed E-state index contributed by atoms with van der Waals surface area (Å²) in [4.78, 5) is 14.6. The zero-order valence-corrected chi connectivity index (χ0v) is 15.1. The van der Waals surface area contributed by atoms with Crippen LogP contribution in [0.4, 0.5) is 0 Å². The molecule has 1 fully saturated rings. The normalized spacial score (nSPS) is 15.7. The Morgan fingerprint density at radius 3 is 2.74 bits per heavy atom. The van der Waals surface area contributed by atoms with Gasteiger partial charge in [0.2, 0.25) is 10.0 Å². The van der Waals surface area contributed by atoms with Crippen LogP contribution < -0.4 is 10.0 Å². The first-order valence-corrected chi connectivity index (χ1v) is 9.04. The van der Waals surface area contributed by atoms with Crippen LogP contribution in [0.5, 0.6) is 0 Å². The lowest BCUT2D eigenvalue weighted by Gasteiger charge is -2.21. The van der Waals surface area contributed by atoms with E-state index in [1.54, 1.807) is 17.9 Å². The summed E-state index contributed by atoms with van der Waals surface area (Å²) >= 11 is 0. The molecule has 2 rings (SSSR count). The van der Waals surface area contributed by atoms with Gasteiger partial charge in [-0.3, -0.25) is 4.79 Å². The van der Waals surface area contributed by atoms with Gasteiger partial charge in [0.15, 0.2) is 0 Å². The van der Waals surface area contributed by atoms with Crippen LogP contribution in [0.15, 0.2) is 23.1 Å². The highest BCUT2D eigenvalue weighted by atomic mass is 35.5. The smallest absolute Gasteiger partial charge is 0.254 e. The molecular formula is C15H24ClN3O3S. The molecule has 0 unspecified atom stereocenters. The Morgan fingerprint density at radius 1 is 1.30 bits per heavy atom. The molecule has 1 aromatic rings. The average molecular weight is 362 g/mol. The van der Waals surface area contributed by atoms with Gasteiger partial charge in [-0.1, -0.05) is 13.0 Å². The molecule has 6 nitrogen and oxygen atoms in total. The first-order valence-electron chi connectivity index (χ1n) is 7.56. The Balaban J connectivity index is 0.00000264. The van der Waals surface area contributed by atoms with Crippen LogP contribution >= 0.6 is 12.4 Å². The zero-order chi connectivity index (χ0) is 16.2. The molecule has 0 spiro atoms. The van der Waals surface area contributed by atoms with Gasteiger partial charge in [-0.15, -0.1) is 12.4 Å². The fourth-order valence-corrected chi connectivity index (χ4v) is 3.56. The average Bonchev–Trinajstić information content (AvgIpc) is 2.76. The summed E-state index contributed by atoms with van der Waals surface area (Å²) in [6.07, 6.45) is 0.903. The molecule has 1 saturated heterocycles. The molecule has 0 saturated carbocycles. The van der Waals surface area contributed by atoms with E-state index in [0.717, 1.165) is 25.1 Å². The quantitative estimate of drug-likeness (QED) is 0.843. The van der Waals surface area contributed by atoms with Crippen LogP contribution in [0.1, 0.15) is 29.3 Å². The lowest BCUT2D eigenvalue weighted by atomic mass is 10.1. The van der Waals surface area contributed by atoms with Gasteiger partial charge in [0, 0.05) is 31.7 Å². The summed E-state index contributed by atoms with van der Waals surface area (Å²) in [7, 11) is -3.55. The largest absolute Gasteiger partial charge is 0.337 e. The second kappa shape index (κ2) is 8.63. The highest BCUT2D eigenvalue weighted by Crippen LogP contribution is 2.18. The molecule has 0 aromatic heterocycles. The molecule has 1 heterocycles. The third-order valence-electron chi connectivity index (χ3n) is 3.71. The van der Waals surface area contributed by atoms with E-state index in [9.17, 15) is 13.2 Å². The molecule has 23 heavy (non-hydrogen) atoms. The van der Waals surface area contributed by atoms with Gasteiger partial charge < -0.3 is 10.2 Å². The fourth-order valence-electron chi connectivity index (χ4n) is 2.49. The minimum absolute atomic E-state index is 0. The fraction of sp³-hybridized carbons (Fsp3) is 0.533. The first kappa shape index (κ1) is 19.9. The summed E-state index contributed by atoms with van der Waals surface area (Å²) in [5.74, 6) is -0.102. The van der Waals surface area contributed by atoms with E-state index in [1.165, 1.54) is 12.1 Å². The SMILES string of the molecule is CCNS(=O)(=O)c1ccc(C)c(C(=O)N2CCCNCC2)c1.Cl. The van der Waals surface area contributed by atoms with Crippen molar-refractivity contribution in [2.75, 3.05) is 32.7 Å². The first-order chi connectivity index (χ1) is 10.5. The second-order valence-corrected chi connectivity index (χ2v) is 7.14. The standard InChI is InChI=1S/C15H23N3O3S.ClH/c1-3-17-22(20,21)13-6-5-12(2)14(11-13)15(19)18-9-4-7-16-8-10-18;/h5-6,11,16-17H,3-4,7-10H2,1-2H3;1H. The van der Waals surface area contributed by atoms with Crippen molar-refractivity contribution in [1.29, 1.82) is 0 Å². The number of sulfonamides is 1. The molecule has 1 aliphatic rings. The van der Waals surface area contributed by atoms with Gasteiger partial charge in [0.25, 0.3) is 5.91 Å². The van der Waals surface area contributed by atoms with E-state index < -0.39 is 10.0 Å². The number of rotatable bonds is 4. The zero-order valence-electron chi connectivity index (χ0n) is 13.5. The maximum absolute atomic E-state index is 12.7. The maximum Gasteiger partial charge on any atom is 0.254 e. The Labute approximate surface area is 144 Å². The van der Waals surface area contributed by atoms with E-state index in [4.69, 9.17) is 0 Å². The van der Waals surface area contributed by atoms with Crippen LogP contribution in [-0.2, 0) is 10.0 Å². The van der Waals surface area contributed by atoms with E-state index in [2.05, 4.69) is 10.0 Å². The van der Waals surface area contributed by atoms with Gasteiger partial charge in [-0.25, -0.2) is 13.1 Å². The van der Waals surface area contributed by atoms with Gasteiger partial charge in [0.05, 0.1) is 4.90 Å². The number of hydrogen-bond acceptors (Lipinski definition) is 4. The molecular weight excluding hydrogens is 338 g/mol. The molecule has 1 amide bonds. The monoisotopic (exact) mass is 361 g/mol. The number of nitrogens with zero attached hydrogens (tertiary/aromatic N) is 1. The Morgan fingerprint density at radius 2 is 2.04 bits per heavy atom. The van der Waals surface area contributed by atoms with Crippen LogP contribution in [0.3, 0.4) is 0 Å². The molecule has 0 atom stereocenters. The summed E-state index contributed by atoms with van der Waals surface area (Å²) in [5, 5.41) is 3.25. The lowest BCUT2D eigenvalue weighted by Crippen LogP contribution is -2.34. The van der Waals surface area contributed by atoms with Gasteiger partial charge >= 0.3 is 0 Å². The number of carbonyl (C=O) groups is 1. The maximum atomic E-state index is 12.7.